The van der Waals surface area contributed by atoms with Crippen molar-refractivity contribution in [1.82, 2.24) is 5.32 Å². The molecular formula is C13H18N2O. The maximum atomic E-state index is 11.4. The summed E-state index contributed by atoms with van der Waals surface area (Å²) in [6.07, 6.45) is 2.29. The summed E-state index contributed by atoms with van der Waals surface area (Å²) in [6.45, 7) is 4.11. The summed E-state index contributed by atoms with van der Waals surface area (Å²) >= 11 is 0. The molecule has 0 aromatic heterocycles. The van der Waals surface area contributed by atoms with Crippen LogP contribution < -0.4 is 11.1 Å². The number of carbonyl (C=O) groups is 1. The van der Waals surface area contributed by atoms with Crippen LogP contribution in [0.3, 0.4) is 0 Å². The van der Waals surface area contributed by atoms with E-state index < -0.39 is 0 Å². The topological polar surface area (TPSA) is 55.1 Å². The number of amides is 1. The Morgan fingerprint density at radius 2 is 2.06 bits per heavy atom. The van der Waals surface area contributed by atoms with E-state index >= 15 is 0 Å². The molecule has 1 aliphatic rings. The van der Waals surface area contributed by atoms with Crippen molar-refractivity contribution < 1.29 is 4.79 Å². The van der Waals surface area contributed by atoms with Crippen LogP contribution in [-0.2, 0) is 4.79 Å². The molecule has 0 radical (unpaired) electrons. The lowest BCUT2D eigenvalue weighted by molar-refractivity contribution is -0.120. The minimum absolute atomic E-state index is 0.296. The molecule has 1 aromatic carbocycles. The van der Waals surface area contributed by atoms with Gasteiger partial charge in [-0.2, -0.15) is 0 Å². The number of nitrogens with one attached hydrogen (secondary N) is 1. The average molecular weight is 218 g/mol. The monoisotopic (exact) mass is 218 g/mol. The quantitative estimate of drug-likeness (QED) is 0.806. The van der Waals surface area contributed by atoms with Crippen molar-refractivity contribution in [3.05, 3.63) is 34.9 Å². The van der Waals surface area contributed by atoms with Gasteiger partial charge in [-0.1, -0.05) is 18.2 Å². The van der Waals surface area contributed by atoms with Crippen molar-refractivity contribution in [3.63, 3.8) is 0 Å². The lowest BCUT2D eigenvalue weighted by atomic mass is 10.0. The van der Waals surface area contributed by atoms with Gasteiger partial charge in [0.2, 0.25) is 5.91 Å². The highest BCUT2D eigenvalue weighted by Gasteiger charge is 2.28. The maximum absolute atomic E-state index is 11.4. The molecule has 3 N–H and O–H groups in total. The van der Waals surface area contributed by atoms with Crippen LogP contribution in [0.4, 0.5) is 0 Å². The molecule has 0 heterocycles. The van der Waals surface area contributed by atoms with Crippen LogP contribution in [0.1, 0.15) is 35.6 Å². The van der Waals surface area contributed by atoms with E-state index in [0.29, 0.717) is 6.04 Å². The Bertz CT molecular complexity index is 410. The van der Waals surface area contributed by atoms with Gasteiger partial charge in [0.15, 0.2) is 0 Å². The molecule has 0 aliphatic heterocycles. The third kappa shape index (κ3) is 2.42. The van der Waals surface area contributed by atoms with Crippen molar-refractivity contribution in [3.8, 4) is 0 Å². The first-order chi connectivity index (χ1) is 7.58. The molecular weight excluding hydrogens is 200 g/mol. The van der Waals surface area contributed by atoms with Gasteiger partial charge in [-0.25, -0.2) is 0 Å². The van der Waals surface area contributed by atoms with Gasteiger partial charge in [0.05, 0.1) is 0 Å². The molecule has 0 saturated heterocycles. The van der Waals surface area contributed by atoms with Crippen LogP contribution in [0.25, 0.3) is 0 Å². The van der Waals surface area contributed by atoms with Crippen LogP contribution in [0.15, 0.2) is 18.2 Å². The van der Waals surface area contributed by atoms with Crippen LogP contribution >= 0.6 is 0 Å². The normalized spacial score (nSPS) is 17.1. The van der Waals surface area contributed by atoms with E-state index in [1.165, 1.54) is 11.1 Å². The number of benzene rings is 1. The van der Waals surface area contributed by atoms with E-state index in [0.717, 1.165) is 18.4 Å². The molecule has 1 atom stereocenters. The lowest BCUT2D eigenvalue weighted by Crippen LogP contribution is -2.34. The van der Waals surface area contributed by atoms with Crippen molar-refractivity contribution >= 4 is 5.91 Å². The Balaban J connectivity index is 2.22. The van der Waals surface area contributed by atoms with E-state index in [4.69, 9.17) is 5.73 Å². The molecule has 86 valence electrons. The summed E-state index contributed by atoms with van der Waals surface area (Å²) in [5.74, 6) is -0.296. The fourth-order valence-electron chi connectivity index (χ4n) is 1.77. The average Bonchev–Trinajstić information content (AvgIpc) is 3.02. The van der Waals surface area contributed by atoms with Crippen LogP contribution in [0.2, 0.25) is 0 Å². The predicted octanol–water partition coefficient (Wildman–Crippen LogP) is 1.58. The summed E-state index contributed by atoms with van der Waals surface area (Å²) in [6, 6.07) is 6.19. The van der Waals surface area contributed by atoms with Crippen molar-refractivity contribution in [2.75, 3.05) is 0 Å². The minimum atomic E-state index is -0.341. The van der Waals surface area contributed by atoms with Gasteiger partial charge in [0, 0.05) is 6.04 Å². The van der Waals surface area contributed by atoms with Crippen LogP contribution in [0, 0.1) is 13.8 Å². The molecule has 0 bridgehead atoms. The predicted molar refractivity (Wildman–Crippen MR) is 64.0 cm³/mol. The molecule has 1 saturated carbocycles. The first kappa shape index (κ1) is 11.1. The molecule has 1 fully saturated rings. The smallest absolute Gasteiger partial charge is 0.239 e. The van der Waals surface area contributed by atoms with Crippen molar-refractivity contribution in [1.29, 1.82) is 0 Å². The van der Waals surface area contributed by atoms with E-state index in [2.05, 4.69) is 12.2 Å². The number of hydrogen-bond acceptors (Lipinski definition) is 2. The summed E-state index contributed by atoms with van der Waals surface area (Å²) < 4.78 is 0. The molecule has 0 spiro atoms. The van der Waals surface area contributed by atoms with Gasteiger partial charge in [-0.3, -0.25) is 10.1 Å². The van der Waals surface area contributed by atoms with Crippen molar-refractivity contribution in [2.24, 2.45) is 5.73 Å². The fourth-order valence-corrected chi connectivity index (χ4v) is 1.77. The second-order valence-electron chi connectivity index (χ2n) is 4.62. The Hall–Kier alpha value is -1.35. The zero-order chi connectivity index (χ0) is 11.7. The molecule has 2 rings (SSSR count). The first-order valence-electron chi connectivity index (χ1n) is 5.70. The maximum Gasteiger partial charge on any atom is 0.239 e. The van der Waals surface area contributed by atoms with Gasteiger partial charge >= 0.3 is 0 Å². The van der Waals surface area contributed by atoms with Gasteiger partial charge in [-0.05, 0) is 43.4 Å². The minimum Gasteiger partial charge on any atom is -0.368 e. The molecule has 3 nitrogen and oxygen atoms in total. The molecule has 1 aromatic rings. The number of aryl methyl sites for hydroxylation is 2. The van der Waals surface area contributed by atoms with Crippen LogP contribution in [0.5, 0.6) is 0 Å². The van der Waals surface area contributed by atoms with E-state index in [9.17, 15) is 4.79 Å². The van der Waals surface area contributed by atoms with Crippen LogP contribution in [-0.4, -0.2) is 11.9 Å². The summed E-state index contributed by atoms with van der Waals surface area (Å²) in [5, 5.41) is 3.28. The lowest BCUT2D eigenvalue weighted by Gasteiger charge is -2.16. The first-order valence-corrected chi connectivity index (χ1v) is 5.70. The molecule has 1 amide bonds. The number of nitrogens with two attached hydrogens (primary N) is 1. The highest BCUT2D eigenvalue weighted by molar-refractivity contribution is 5.81. The van der Waals surface area contributed by atoms with Gasteiger partial charge in [0.25, 0.3) is 0 Å². The Kier molecular flexibility index (Phi) is 2.97. The fraction of sp³-hybridized carbons (Fsp3) is 0.462. The number of primary amides is 1. The molecule has 1 aliphatic carbocycles. The van der Waals surface area contributed by atoms with Gasteiger partial charge in [0.1, 0.15) is 6.04 Å². The number of hydrogen-bond donors (Lipinski definition) is 2. The SMILES string of the molecule is Cc1ccc(C(NC2CC2)C(N)=O)cc1C. The van der Waals surface area contributed by atoms with E-state index in [-0.39, 0.29) is 11.9 Å². The summed E-state index contributed by atoms with van der Waals surface area (Å²) in [4.78, 5) is 11.4. The van der Waals surface area contributed by atoms with E-state index in [1.54, 1.807) is 0 Å². The van der Waals surface area contributed by atoms with Crippen molar-refractivity contribution in [2.45, 2.75) is 38.8 Å². The second kappa shape index (κ2) is 4.26. The standard InChI is InChI=1S/C13H18N2O/c1-8-3-4-10(7-9(8)2)12(13(14)16)15-11-5-6-11/h3-4,7,11-12,15H,5-6H2,1-2H3,(H2,14,16). The van der Waals surface area contributed by atoms with Gasteiger partial charge in [-0.15, -0.1) is 0 Å². The van der Waals surface area contributed by atoms with E-state index in [1.807, 2.05) is 25.1 Å². The zero-order valence-electron chi connectivity index (χ0n) is 9.79. The Morgan fingerprint density at radius 1 is 1.38 bits per heavy atom. The third-order valence-corrected chi connectivity index (χ3v) is 3.13. The largest absolute Gasteiger partial charge is 0.368 e. The Labute approximate surface area is 96.0 Å². The second-order valence-corrected chi connectivity index (χ2v) is 4.62. The zero-order valence-corrected chi connectivity index (χ0v) is 9.79. The van der Waals surface area contributed by atoms with Gasteiger partial charge < -0.3 is 5.73 Å². The molecule has 1 unspecified atom stereocenters. The highest BCUT2D eigenvalue weighted by Crippen LogP contribution is 2.25. The Morgan fingerprint density at radius 3 is 2.56 bits per heavy atom. The molecule has 3 heteroatoms. The summed E-state index contributed by atoms with van der Waals surface area (Å²) in [7, 11) is 0. The highest BCUT2D eigenvalue weighted by atomic mass is 16.1. The summed E-state index contributed by atoms with van der Waals surface area (Å²) in [5.41, 5.74) is 8.84. The number of rotatable bonds is 4. The number of carbonyl (C=O) groups excluding carboxylic acids is 1. The third-order valence-electron chi connectivity index (χ3n) is 3.13. The molecule has 16 heavy (non-hydrogen) atoms.